The normalized spacial score (nSPS) is 16.0. The predicted molar refractivity (Wildman–Crippen MR) is 115 cm³/mol. The average Bonchev–Trinajstić information content (AvgIpc) is 3.12. The summed E-state index contributed by atoms with van der Waals surface area (Å²) in [5.74, 6) is 1.32. The van der Waals surface area contributed by atoms with E-state index in [9.17, 15) is 5.11 Å². The van der Waals surface area contributed by atoms with Crippen molar-refractivity contribution in [2.45, 2.75) is 25.2 Å². The number of aliphatic hydroxyl groups excluding tert-OH is 1. The number of aromatic nitrogens is 2. The molecule has 1 aliphatic heterocycles. The Morgan fingerprint density at radius 3 is 2.71 bits per heavy atom. The van der Waals surface area contributed by atoms with E-state index >= 15 is 0 Å². The highest BCUT2D eigenvalue weighted by molar-refractivity contribution is 7.18. The molecule has 0 spiro atoms. The van der Waals surface area contributed by atoms with Crippen LogP contribution in [-0.2, 0) is 5.41 Å². The zero-order valence-electron chi connectivity index (χ0n) is 16.4. The van der Waals surface area contributed by atoms with Crippen LogP contribution in [0.2, 0.25) is 0 Å². The van der Waals surface area contributed by atoms with Crippen LogP contribution in [0.3, 0.4) is 0 Å². The second kappa shape index (κ2) is 7.58. The number of fused-ring (bicyclic) bond motifs is 1. The second-order valence-electron chi connectivity index (χ2n) is 8.05. The zero-order valence-corrected chi connectivity index (χ0v) is 17.2. The van der Waals surface area contributed by atoms with Gasteiger partial charge in [0.15, 0.2) is 5.82 Å². The number of hydrogen-bond donors (Lipinski definition) is 2. The first-order valence-electron chi connectivity index (χ1n) is 9.40. The Morgan fingerprint density at radius 2 is 2.04 bits per heavy atom. The lowest BCUT2D eigenvalue weighted by molar-refractivity contribution is 0.190. The minimum atomic E-state index is -0.303. The molecule has 1 aliphatic rings. The van der Waals surface area contributed by atoms with Gasteiger partial charge in [0.2, 0.25) is 0 Å². The molecule has 0 aliphatic carbocycles. The molecule has 0 radical (unpaired) electrons. The molecule has 0 bridgehead atoms. The molecule has 2 N–H and O–H groups in total. The van der Waals surface area contributed by atoms with Crippen molar-refractivity contribution in [2.24, 2.45) is 5.10 Å². The van der Waals surface area contributed by atoms with Gasteiger partial charge < -0.3 is 10.0 Å². The van der Waals surface area contributed by atoms with E-state index in [0.717, 1.165) is 33.7 Å². The summed E-state index contributed by atoms with van der Waals surface area (Å²) in [5.41, 5.74) is 5.17. The lowest BCUT2D eigenvalue weighted by Gasteiger charge is -2.36. The van der Waals surface area contributed by atoms with E-state index in [2.05, 4.69) is 56.7 Å². The number of thiophene rings is 1. The molecule has 146 valence electrons. The molecule has 0 saturated carbocycles. The first-order valence-corrected chi connectivity index (χ1v) is 10.2. The molecule has 4 rings (SSSR count). The van der Waals surface area contributed by atoms with Gasteiger partial charge >= 0.3 is 0 Å². The monoisotopic (exact) mass is 395 g/mol. The Kier molecular flexibility index (Phi) is 5.14. The van der Waals surface area contributed by atoms with Crippen LogP contribution in [0.4, 0.5) is 5.82 Å². The number of aliphatic hydroxyl groups is 1. The summed E-state index contributed by atoms with van der Waals surface area (Å²) in [6.45, 7) is 6.38. The summed E-state index contributed by atoms with van der Waals surface area (Å²) in [5, 5.41) is 14.9. The molecular weight excluding hydrogens is 370 g/mol. The standard InChI is InChI=1S/C21H25N5OS/c1-21(2,12-27)18-8-17-19(22-13-23-20(17)28-18)25-24-9-14-4-6-15(7-5-14)16-10-26(3)11-16/h4-9,13,16,27H,10-12H2,1-3H3,(H,22,23,25). The highest BCUT2D eigenvalue weighted by Gasteiger charge is 2.24. The highest BCUT2D eigenvalue weighted by Crippen LogP contribution is 2.35. The molecule has 28 heavy (non-hydrogen) atoms. The van der Waals surface area contributed by atoms with Crippen molar-refractivity contribution in [3.63, 3.8) is 0 Å². The van der Waals surface area contributed by atoms with Crippen LogP contribution in [0.5, 0.6) is 0 Å². The fourth-order valence-corrected chi connectivity index (χ4v) is 4.38. The van der Waals surface area contributed by atoms with E-state index < -0.39 is 0 Å². The zero-order chi connectivity index (χ0) is 19.7. The van der Waals surface area contributed by atoms with Gasteiger partial charge in [-0.3, -0.25) is 5.43 Å². The van der Waals surface area contributed by atoms with Crippen LogP contribution in [0.1, 0.15) is 35.8 Å². The first kappa shape index (κ1) is 19.0. The second-order valence-corrected chi connectivity index (χ2v) is 9.08. The quantitative estimate of drug-likeness (QED) is 0.494. The summed E-state index contributed by atoms with van der Waals surface area (Å²) in [6, 6.07) is 10.6. The number of likely N-dealkylation sites (N-methyl/N-ethyl adjacent to an activating group) is 1. The number of anilines is 1. The SMILES string of the molecule is CN1CC(c2ccc(C=NNc3ncnc4sc(C(C)(C)CO)cc34)cc2)C1. The van der Waals surface area contributed by atoms with Crippen LogP contribution in [0.25, 0.3) is 10.2 Å². The van der Waals surface area contributed by atoms with Crippen LogP contribution < -0.4 is 5.43 Å². The van der Waals surface area contributed by atoms with Gasteiger partial charge in [-0.25, -0.2) is 9.97 Å². The molecule has 0 unspecified atom stereocenters. The van der Waals surface area contributed by atoms with Gasteiger partial charge in [0.1, 0.15) is 11.2 Å². The molecule has 1 aromatic carbocycles. The fourth-order valence-electron chi connectivity index (χ4n) is 3.29. The summed E-state index contributed by atoms with van der Waals surface area (Å²) >= 11 is 1.58. The number of nitrogens with zero attached hydrogens (tertiary/aromatic N) is 4. The molecule has 7 heteroatoms. The molecular formula is C21H25N5OS. The van der Waals surface area contributed by atoms with Gasteiger partial charge in [-0.15, -0.1) is 11.3 Å². The lowest BCUT2D eigenvalue weighted by Crippen LogP contribution is -2.41. The van der Waals surface area contributed by atoms with Gasteiger partial charge in [-0.1, -0.05) is 38.1 Å². The third kappa shape index (κ3) is 3.78. The van der Waals surface area contributed by atoms with Gasteiger partial charge in [0.25, 0.3) is 0 Å². The van der Waals surface area contributed by atoms with Gasteiger partial charge in [0, 0.05) is 29.3 Å². The van der Waals surface area contributed by atoms with Gasteiger partial charge in [-0.2, -0.15) is 5.10 Å². The number of rotatable bonds is 6. The summed E-state index contributed by atoms with van der Waals surface area (Å²) in [4.78, 5) is 13.0. The largest absolute Gasteiger partial charge is 0.395 e. The van der Waals surface area contributed by atoms with E-state index in [1.807, 2.05) is 19.9 Å². The summed E-state index contributed by atoms with van der Waals surface area (Å²) in [6.07, 6.45) is 3.34. The average molecular weight is 396 g/mol. The van der Waals surface area contributed by atoms with Crippen LogP contribution in [-0.4, -0.2) is 52.9 Å². The van der Waals surface area contributed by atoms with Gasteiger partial charge in [-0.05, 0) is 24.2 Å². The van der Waals surface area contributed by atoms with Crippen molar-refractivity contribution in [1.82, 2.24) is 14.9 Å². The van der Waals surface area contributed by atoms with Crippen LogP contribution in [0, 0.1) is 0 Å². The van der Waals surface area contributed by atoms with Crippen LogP contribution in [0.15, 0.2) is 41.8 Å². The summed E-state index contributed by atoms with van der Waals surface area (Å²) in [7, 11) is 2.15. The topological polar surface area (TPSA) is 73.6 Å². The number of nitrogens with one attached hydrogen (secondary N) is 1. The smallest absolute Gasteiger partial charge is 0.158 e. The number of hydrazone groups is 1. The van der Waals surface area contributed by atoms with Crippen molar-refractivity contribution >= 4 is 33.6 Å². The minimum Gasteiger partial charge on any atom is -0.395 e. The van der Waals surface area contributed by atoms with Crippen molar-refractivity contribution in [3.8, 4) is 0 Å². The molecule has 3 aromatic rings. The number of likely N-dealkylation sites (tertiary alicyclic amines) is 1. The number of benzene rings is 1. The lowest BCUT2D eigenvalue weighted by atomic mass is 9.92. The Balaban J connectivity index is 1.47. The van der Waals surface area contributed by atoms with E-state index in [-0.39, 0.29) is 12.0 Å². The van der Waals surface area contributed by atoms with Crippen molar-refractivity contribution in [1.29, 1.82) is 0 Å². The fraction of sp³-hybridized carbons (Fsp3) is 0.381. The minimum absolute atomic E-state index is 0.0846. The maximum atomic E-state index is 9.62. The maximum Gasteiger partial charge on any atom is 0.158 e. The predicted octanol–water partition coefficient (Wildman–Crippen LogP) is 3.44. The first-order chi connectivity index (χ1) is 13.5. The molecule has 6 nitrogen and oxygen atoms in total. The molecule has 0 atom stereocenters. The van der Waals surface area contributed by atoms with E-state index in [1.54, 1.807) is 17.6 Å². The number of hydrogen-bond acceptors (Lipinski definition) is 7. The third-order valence-electron chi connectivity index (χ3n) is 5.25. The molecule has 1 fully saturated rings. The highest BCUT2D eigenvalue weighted by atomic mass is 32.1. The Morgan fingerprint density at radius 1 is 1.29 bits per heavy atom. The van der Waals surface area contributed by atoms with Crippen LogP contribution >= 0.6 is 11.3 Å². The van der Waals surface area contributed by atoms with E-state index in [1.165, 1.54) is 11.9 Å². The van der Waals surface area contributed by atoms with Crippen molar-refractivity contribution in [2.75, 3.05) is 32.2 Å². The Bertz CT molecular complexity index is 990. The van der Waals surface area contributed by atoms with E-state index in [4.69, 9.17) is 0 Å². The molecule has 3 heterocycles. The van der Waals surface area contributed by atoms with Crippen molar-refractivity contribution < 1.29 is 5.11 Å². The third-order valence-corrected chi connectivity index (χ3v) is 6.66. The molecule has 1 saturated heterocycles. The molecule has 0 amide bonds. The Hall–Kier alpha value is -2.35. The van der Waals surface area contributed by atoms with Crippen molar-refractivity contribution in [3.05, 3.63) is 52.7 Å². The maximum absolute atomic E-state index is 9.62. The van der Waals surface area contributed by atoms with Gasteiger partial charge in [0.05, 0.1) is 18.2 Å². The Labute approximate surface area is 168 Å². The van der Waals surface area contributed by atoms with E-state index in [0.29, 0.717) is 11.7 Å². The molecule has 2 aromatic heterocycles. The summed E-state index contributed by atoms with van der Waals surface area (Å²) < 4.78 is 0.